The van der Waals surface area contributed by atoms with Crippen LogP contribution >= 0.6 is 0 Å². The Bertz CT molecular complexity index is 4230. The zero-order chi connectivity index (χ0) is 58.5. The van der Waals surface area contributed by atoms with Gasteiger partial charge >= 0.3 is 11.9 Å². The molecule has 20 heteroatoms. The molecule has 7 amide bonds. The van der Waals surface area contributed by atoms with Crippen LogP contribution in [0.2, 0.25) is 0 Å². The number of carboxylic acids is 2. The van der Waals surface area contributed by atoms with Gasteiger partial charge in [-0.1, -0.05) is 31.2 Å². The Hall–Kier alpha value is -11.7. The Balaban J connectivity index is 0.724. The number of carbonyl (C=O) groups is 11. The Kier molecular flexibility index (Phi) is 13.6. The van der Waals surface area contributed by atoms with Gasteiger partial charge in [0.15, 0.2) is 11.6 Å². The van der Waals surface area contributed by atoms with Crippen molar-refractivity contribution < 1.29 is 77.2 Å². The van der Waals surface area contributed by atoms with E-state index >= 15 is 0 Å². The van der Waals surface area contributed by atoms with E-state index in [1.807, 2.05) is 0 Å². The van der Waals surface area contributed by atoms with Crippen molar-refractivity contribution in [2.75, 3.05) is 22.2 Å². The van der Waals surface area contributed by atoms with E-state index in [0.29, 0.717) is 11.1 Å². The summed E-state index contributed by atoms with van der Waals surface area (Å²) in [5.74, 6) is -6.75. The molecular weight excluding hydrogens is 1070 g/mol. The number of anilines is 3. The highest BCUT2D eigenvalue weighted by Crippen LogP contribution is 2.38. The molecule has 0 unspecified atom stereocenters. The predicted molar refractivity (Wildman–Crippen MR) is 295 cm³/mol. The van der Waals surface area contributed by atoms with Crippen molar-refractivity contribution in [3.63, 3.8) is 0 Å². The minimum Gasteiger partial charge on any atom is -0.478 e. The number of ketones is 2. The third-order valence-electron chi connectivity index (χ3n) is 13.9. The number of aromatic carboxylic acids is 2. The number of ether oxygens (including phenoxy) is 3. The molecule has 8 aromatic rings. The lowest BCUT2D eigenvalue weighted by Crippen LogP contribution is -2.30. The minimum atomic E-state index is -1.40. The van der Waals surface area contributed by atoms with Gasteiger partial charge in [0, 0.05) is 36.7 Å². The molecule has 0 aliphatic carbocycles. The number of rotatable bonds is 17. The second kappa shape index (κ2) is 21.2. The van der Waals surface area contributed by atoms with E-state index in [0.717, 1.165) is 14.7 Å². The van der Waals surface area contributed by atoms with Gasteiger partial charge in [0.25, 0.3) is 41.4 Å². The minimum absolute atomic E-state index is 0.00277. The second-order valence-corrected chi connectivity index (χ2v) is 19.1. The number of nitrogens with one attached hydrogen (secondary N) is 1. The molecule has 83 heavy (non-hydrogen) atoms. The van der Waals surface area contributed by atoms with Crippen molar-refractivity contribution in [3.8, 4) is 34.5 Å². The second-order valence-electron chi connectivity index (χ2n) is 19.1. The molecular formula is C63H40N4O16. The summed E-state index contributed by atoms with van der Waals surface area (Å²) < 4.78 is 17.8. The Morgan fingerprint density at radius 1 is 0.422 bits per heavy atom. The molecule has 0 saturated carbocycles. The molecule has 3 aliphatic heterocycles. The molecule has 8 aromatic carbocycles. The van der Waals surface area contributed by atoms with E-state index in [2.05, 4.69) is 5.32 Å². The summed E-state index contributed by atoms with van der Waals surface area (Å²) in [5.41, 5.74) is 1.19. The summed E-state index contributed by atoms with van der Waals surface area (Å²) in [4.78, 5) is 146. The van der Waals surface area contributed by atoms with Crippen LogP contribution in [0, 0.1) is 0 Å². The van der Waals surface area contributed by atoms with Gasteiger partial charge < -0.3 is 29.7 Å². The first-order chi connectivity index (χ1) is 39.8. The van der Waals surface area contributed by atoms with E-state index in [4.69, 9.17) is 14.2 Å². The van der Waals surface area contributed by atoms with Crippen LogP contribution in [0.1, 0.15) is 133 Å². The van der Waals surface area contributed by atoms with Crippen LogP contribution < -0.4 is 29.3 Å². The number of amides is 7. The van der Waals surface area contributed by atoms with Crippen LogP contribution in [0.4, 0.5) is 17.1 Å². The van der Waals surface area contributed by atoms with Crippen molar-refractivity contribution >= 4 is 81.9 Å². The number of imide groups is 3. The van der Waals surface area contributed by atoms with E-state index in [-0.39, 0.29) is 132 Å². The summed E-state index contributed by atoms with van der Waals surface area (Å²) in [6.45, 7) is 1.62. The van der Waals surface area contributed by atoms with Gasteiger partial charge in [-0.25, -0.2) is 19.4 Å². The molecule has 11 rings (SSSR count). The molecule has 3 heterocycles. The van der Waals surface area contributed by atoms with Gasteiger partial charge in [0.2, 0.25) is 0 Å². The van der Waals surface area contributed by atoms with Gasteiger partial charge in [-0.3, -0.25) is 48.1 Å². The van der Waals surface area contributed by atoms with E-state index in [1.165, 1.54) is 141 Å². The lowest BCUT2D eigenvalue weighted by atomic mass is 10.0. The first-order valence-electron chi connectivity index (χ1n) is 25.3. The molecule has 0 bridgehead atoms. The normalized spacial score (nSPS) is 13.2. The molecule has 3 aliphatic rings. The van der Waals surface area contributed by atoms with Crippen molar-refractivity contribution in [2.45, 2.75) is 19.8 Å². The topological polar surface area (TPSA) is 278 Å². The number of carboxylic acid groups (broad SMARTS) is 2. The summed E-state index contributed by atoms with van der Waals surface area (Å²) >= 11 is 0. The average Bonchev–Trinajstić information content (AvgIpc) is 2.84. The summed E-state index contributed by atoms with van der Waals surface area (Å²) in [6, 6.07) is 38.8. The molecule has 0 saturated heterocycles. The van der Waals surface area contributed by atoms with Gasteiger partial charge in [0.05, 0.1) is 61.4 Å². The molecule has 0 radical (unpaired) electrons. The van der Waals surface area contributed by atoms with Crippen LogP contribution in [0.15, 0.2) is 164 Å². The van der Waals surface area contributed by atoms with Gasteiger partial charge in [-0.15, -0.1) is 0 Å². The Morgan fingerprint density at radius 3 is 1.33 bits per heavy atom. The number of hydrogen-bond donors (Lipinski definition) is 3. The maximum atomic E-state index is 13.9. The zero-order valence-corrected chi connectivity index (χ0v) is 43.5. The zero-order valence-electron chi connectivity index (χ0n) is 43.5. The van der Waals surface area contributed by atoms with Crippen molar-refractivity contribution in [1.29, 1.82) is 0 Å². The summed E-state index contributed by atoms with van der Waals surface area (Å²) in [7, 11) is 1.37. The first-order valence-corrected chi connectivity index (χ1v) is 25.3. The fraction of sp³-hybridized carbons (Fsp3) is 0.0635. The van der Waals surface area contributed by atoms with Crippen LogP contribution in [-0.2, 0) is 6.42 Å². The monoisotopic (exact) mass is 1110 g/mol. The highest BCUT2D eigenvalue weighted by Gasteiger charge is 2.40. The summed E-state index contributed by atoms with van der Waals surface area (Å²) in [6.07, 6.45) is 0.0411. The van der Waals surface area contributed by atoms with Gasteiger partial charge in [-0.05, 0) is 145 Å². The number of fused-ring (bicyclic) bond motifs is 3. The van der Waals surface area contributed by atoms with Crippen LogP contribution in [0.25, 0.3) is 0 Å². The number of nitrogens with zero attached hydrogens (tertiary/aromatic N) is 3. The lowest BCUT2D eigenvalue weighted by Gasteiger charge is -2.17. The summed E-state index contributed by atoms with van der Waals surface area (Å²) in [5, 5.41) is 22.2. The molecule has 0 aromatic heterocycles. The molecule has 408 valence electrons. The van der Waals surface area contributed by atoms with Crippen LogP contribution in [0.3, 0.4) is 0 Å². The van der Waals surface area contributed by atoms with Crippen LogP contribution in [0.5, 0.6) is 34.5 Å². The lowest BCUT2D eigenvalue weighted by molar-refractivity contribution is 0.0680. The molecule has 20 nitrogen and oxygen atoms in total. The largest absolute Gasteiger partial charge is 0.478 e. The van der Waals surface area contributed by atoms with Crippen molar-refractivity contribution in [2.24, 2.45) is 0 Å². The average molecular weight is 1110 g/mol. The molecule has 0 fully saturated rings. The maximum absolute atomic E-state index is 13.9. The van der Waals surface area contributed by atoms with Gasteiger partial charge in [-0.2, -0.15) is 0 Å². The predicted octanol–water partition coefficient (Wildman–Crippen LogP) is 10.6. The van der Waals surface area contributed by atoms with Gasteiger partial charge in [0.1, 0.15) is 34.5 Å². The van der Waals surface area contributed by atoms with E-state index in [1.54, 1.807) is 37.3 Å². The Labute approximate surface area is 469 Å². The third-order valence-corrected chi connectivity index (χ3v) is 13.9. The molecule has 3 N–H and O–H groups in total. The third kappa shape index (κ3) is 9.99. The van der Waals surface area contributed by atoms with Crippen molar-refractivity contribution in [1.82, 2.24) is 4.90 Å². The van der Waals surface area contributed by atoms with E-state index in [9.17, 15) is 63.0 Å². The first kappa shape index (κ1) is 53.3. The highest BCUT2D eigenvalue weighted by molar-refractivity contribution is 6.36. The number of carbonyl (C=O) groups excluding carboxylic acids is 9. The SMILES string of the molecule is CCC(=O)c1cc(Oc2cccc(C(=O)Cc3ccc(NC(=O)c4cc(Oc5ccc6c(c5)C(=O)N(c5ccc(N7C(=O)c8ccc(Oc9ccc%10c(c9)C(=O)N(C)C%10=O)cc8C7=O)cc5)C6=O)ccc4C(=O)O)cc3)c2)ccc1C(=O)O. The number of benzene rings is 8. The smallest absolute Gasteiger partial charge is 0.336 e. The number of hydrogen-bond acceptors (Lipinski definition) is 14. The molecule has 0 atom stereocenters. The maximum Gasteiger partial charge on any atom is 0.336 e. The fourth-order valence-electron chi connectivity index (χ4n) is 9.68. The quantitative estimate of drug-likeness (QED) is 0.0564. The van der Waals surface area contributed by atoms with E-state index < -0.39 is 53.3 Å². The highest BCUT2D eigenvalue weighted by atomic mass is 16.5. The fourth-order valence-corrected chi connectivity index (χ4v) is 9.68. The number of Topliss-reactive ketones (excluding diaryl/α,β-unsaturated/α-hetero) is 2. The Morgan fingerprint density at radius 2 is 0.831 bits per heavy atom. The van der Waals surface area contributed by atoms with Crippen LogP contribution in [-0.4, -0.2) is 87.0 Å². The van der Waals surface area contributed by atoms with Crippen molar-refractivity contribution in [3.05, 3.63) is 231 Å². The standard InChI is InChI=1S/C63H40N4O16/c1-3-53(68)48-27-38(18-23-46(48)62(77)78)81-37-6-4-5-33(26-37)54(69)25-32-7-9-34(10-8-32)64-55(70)49-28-39(19-24-47(49)63(79)80)82-41-16-21-44-51(30-41)60(75)66(58(44)73)35-11-13-36(14-12-35)67-59(74)45-22-17-42(31-52(45)61(67)76)83-40-15-20-43-50(29-40)57(72)65(2)56(43)71/h4-24,26-31H,3,25H2,1-2H3,(H,64,70)(H,77,78)(H,79,80). The molecule has 0 spiro atoms.